The fourth-order valence-electron chi connectivity index (χ4n) is 3.09. The van der Waals surface area contributed by atoms with Gasteiger partial charge in [-0.1, -0.05) is 13.3 Å². The van der Waals surface area contributed by atoms with E-state index in [4.69, 9.17) is 5.73 Å². The third kappa shape index (κ3) is 5.58. The monoisotopic (exact) mass is 323 g/mol. The molecule has 1 atom stereocenters. The molecule has 1 saturated heterocycles. The zero-order valence-corrected chi connectivity index (χ0v) is 14.5. The molecule has 0 radical (unpaired) electrons. The van der Waals surface area contributed by atoms with Gasteiger partial charge >= 0.3 is 0 Å². The summed E-state index contributed by atoms with van der Waals surface area (Å²) >= 11 is 0. The molecule has 7 nitrogen and oxygen atoms in total. The number of rotatable bonds is 7. The number of carbonyl (C=O) groups is 1. The Morgan fingerprint density at radius 3 is 2.57 bits per heavy atom. The van der Waals surface area contributed by atoms with Crippen LogP contribution in [-0.4, -0.2) is 55.9 Å². The van der Waals surface area contributed by atoms with E-state index in [1.807, 2.05) is 0 Å². The number of hydrogen-bond acceptors (Lipinski definition) is 5. The highest BCUT2D eigenvalue weighted by atomic mass is 16.3. The number of carbonyl (C=O) groups excluding carboxylic acids is 1. The molecule has 0 saturated carbocycles. The van der Waals surface area contributed by atoms with E-state index in [0.29, 0.717) is 12.4 Å². The fraction of sp³-hybridized carbons (Fsp3) is 0.812. The van der Waals surface area contributed by atoms with Crippen molar-refractivity contribution in [2.45, 2.75) is 64.5 Å². The second-order valence-electron chi connectivity index (χ2n) is 7.26. The molecule has 7 heteroatoms. The van der Waals surface area contributed by atoms with Crippen molar-refractivity contribution in [1.29, 1.82) is 0 Å². The van der Waals surface area contributed by atoms with Crippen molar-refractivity contribution < 1.29 is 9.90 Å². The minimum absolute atomic E-state index is 0.0301. The molecule has 1 aromatic rings. The lowest BCUT2D eigenvalue weighted by Gasteiger charge is -2.29. The minimum Gasteiger partial charge on any atom is -0.389 e. The third-order valence-electron chi connectivity index (χ3n) is 4.03. The maximum Gasteiger partial charge on any atom is 0.225 e. The molecule has 2 rings (SSSR count). The summed E-state index contributed by atoms with van der Waals surface area (Å²) < 4.78 is 1.73. The van der Waals surface area contributed by atoms with Crippen molar-refractivity contribution in [3.8, 4) is 0 Å². The summed E-state index contributed by atoms with van der Waals surface area (Å²) in [5.74, 6) is 0.987. The second-order valence-corrected chi connectivity index (χ2v) is 7.26. The number of nitrogens with two attached hydrogens (primary N) is 1. The van der Waals surface area contributed by atoms with Gasteiger partial charge in [0, 0.05) is 12.5 Å². The third-order valence-corrected chi connectivity index (χ3v) is 4.03. The molecule has 1 aliphatic heterocycles. The molecular formula is C16H29N5O2. The van der Waals surface area contributed by atoms with Crippen LogP contribution in [0.25, 0.3) is 0 Å². The highest BCUT2D eigenvalue weighted by molar-refractivity contribution is 5.75. The van der Waals surface area contributed by atoms with E-state index in [1.54, 1.807) is 18.5 Å². The van der Waals surface area contributed by atoms with Crippen molar-refractivity contribution in [1.82, 2.24) is 19.7 Å². The molecule has 0 aromatic carbocycles. The van der Waals surface area contributed by atoms with Crippen LogP contribution >= 0.6 is 0 Å². The van der Waals surface area contributed by atoms with Crippen LogP contribution < -0.4 is 5.73 Å². The smallest absolute Gasteiger partial charge is 0.225 e. The second kappa shape index (κ2) is 7.40. The summed E-state index contributed by atoms with van der Waals surface area (Å²) in [4.78, 5) is 18.1. The maximum atomic E-state index is 11.1. The van der Waals surface area contributed by atoms with E-state index in [-0.39, 0.29) is 12.3 Å². The maximum absolute atomic E-state index is 11.1. The lowest BCUT2D eigenvalue weighted by atomic mass is 10.1. The van der Waals surface area contributed by atoms with Crippen molar-refractivity contribution in [3.63, 3.8) is 0 Å². The van der Waals surface area contributed by atoms with Crippen LogP contribution in [0.4, 0.5) is 0 Å². The van der Waals surface area contributed by atoms with E-state index in [9.17, 15) is 9.90 Å². The van der Waals surface area contributed by atoms with Gasteiger partial charge in [0.15, 0.2) is 5.82 Å². The van der Waals surface area contributed by atoms with Crippen LogP contribution in [0.5, 0.6) is 0 Å². The number of amides is 1. The number of aromatic nitrogens is 3. The van der Waals surface area contributed by atoms with Gasteiger partial charge in [-0.05, 0) is 39.8 Å². The van der Waals surface area contributed by atoms with E-state index in [0.717, 1.165) is 25.5 Å². The highest BCUT2D eigenvalue weighted by Crippen LogP contribution is 2.20. The Morgan fingerprint density at radius 1 is 1.35 bits per heavy atom. The van der Waals surface area contributed by atoms with Gasteiger partial charge in [-0.15, -0.1) is 0 Å². The molecule has 0 aliphatic carbocycles. The fourth-order valence-corrected chi connectivity index (χ4v) is 3.09. The van der Waals surface area contributed by atoms with Crippen LogP contribution in [0, 0.1) is 0 Å². The van der Waals surface area contributed by atoms with E-state index >= 15 is 0 Å². The SMILES string of the molecule is CC(CN1CCCCC1)c1nc(CC(N)=O)nn1CC(C)(C)O. The molecule has 1 aliphatic rings. The van der Waals surface area contributed by atoms with E-state index < -0.39 is 11.5 Å². The molecule has 1 aromatic heterocycles. The molecule has 130 valence electrons. The van der Waals surface area contributed by atoms with Gasteiger partial charge in [0.1, 0.15) is 5.82 Å². The first kappa shape index (κ1) is 17.9. The van der Waals surface area contributed by atoms with Crippen LogP contribution in [0.1, 0.15) is 57.6 Å². The van der Waals surface area contributed by atoms with Crippen LogP contribution in [0.2, 0.25) is 0 Å². The van der Waals surface area contributed by atoms with E-state index in [1.165, 1.54) is 19.3 Å². The van der Waals surface area contributed by atoms with Gasteiger partial charge in [0.25, 0.3) is 0 Å². The largest absolute Gasteiger partial charge is 0.389 e. The van der Waals surface area contributed by atoms with Crippen LogP contribution in [-0.2, 0) is 17.8 Å². The quantitative estimate of drug-likeness (QED) is 0.768. The molecule has 0 spiro atoms. The summed E-state index contributed by atoms with van der Waals surface area (Å²) in [7, 11) is 0. The summed E-state index contributed by atoms with van der Waals surface area (Å²) in [5.41, 5.74) is 4.36. The summed E-state index contributed by atoms with van der Waals surface area (Å²) in [6.07, 6.45) is 3.83. The van der Waals surface area contributed by atoms with Gasteiger partial charge < -0.3 is 15.7 Å². The van der Waals surface area contributed by atoms with Gasteiger partial charge in [-0.3, -0.25) is 4.79 Å². The molecule has 2 heterocycles. The first-order valence-corrected chi connectivity index (χ1v) is 8.41. The number of nitrogens with zero attached hydrogens (tertiary/aromatic N) is 4. The van der Waals surface area contributed by atoms with Crippen LogP contribution in [0.15, 0.2) is 0 Å². The zero-order chi connectivity index (χ0) is 17.0. The standard InChI is InChI=1S/C16H29N5O2/c1-12(10-20-7-5-4-6-8-20)15-18-14(9-13(17)22)19-21(15)11-16(2,3)23/h12,23H,4-11H2,1-3H3,(H2,17,22). The Balaban J connectivity index is 2.15. The lowest BCUT2D eigenvalue weighted by Crippen LogP contribution is -2.34. The number of primary amides is 1. The zero-order valence-electron chi connectivity index (χ0n) is 14.5. The van der Waals surface area contributed by atoms with Gasteiger partial charge in [0.2, 0.25) is 5.91 Å². The van der Waals surface area contributed by atoms with Gasteiger partial charge in [0.05, 0.1) is 18.6 Å². The Morgan fingerprint density at radius 2 is 2.00 bits per heavy atom. The van der Waals surface area contributed by atoms with Crippen LogP contribution in [0.3, 0.4) is 0 Å². The predicted octanol–water partition coefficient (Wildman–Crippen LogP) is 0.666. The number of likely N-dealkylation sites (tertiary alicyclic amines) is 1. The molecule has 1 fully saturated rings. The average molecular weight is 323 g/mol. The highest BCUT2D eigenvalue weighted by Gasteiger charge is 2.24. The lowest BCUT2D eigenvalue weighted by molar-refractivity contribution is -0.117. The normalized spacial score (nSPS) is 18.1. The predicted molar refractivity (Wildman–Crippen MR) is 87.9 cm³/mol. The number of piperidine rings is 1. The Labute approximate surface area is 137 Å². The topological polar surface area (TPSA) is 97.3 Å². The first-order valence-electron chi connectivity index (χ1n) is 8.41. The van der Waals surface area contributed by atoms with Crippen molar-refractivity contribution in [2.24, 2.45) is 5.73 Å². The molecule has 1 amide bonds. The molecule has 0 bridgehead atoms. The number of aliphatic hydroxyl groups is 1. The van der Waals surface area contributed by atoms with E-state index in [2.05, 4.69) is 21.9 Å². The molecule has 23 heavy (non-hydrogen) atoms. The summed E-state index contributed by atoms with van der Waals surface area (Å²) in [6.45, 7) is 9.10. The Kier molecular flexibility index (Phi) is 5.75. The van der Waals surface area contributed by atoms with Gasteiger partial charge in [-0.2, -0.15) is 5.10 Å². The number of hydrogen-bond donors (Lipinski definition) is 2. The van der Waals surface area contributed by atoms with Crippen molar-refractivity contribution in [3.05, 3.63) is 11.6 Å². The minimum atomic E-state index is -0.892. The summed E-state index contributed by atoms with van der Waals surface area (Å²) in [5, 5.41) is 14.5. The molecule has 3 N–H and O–H groups in total. The average Bonchev–Trinajstić information content (AvgIpc) is 2.79. The molecular weight excluding hydrogens is 294 g/mol. The Bertz CT molecular complexity index is 529. The van der Waals surface area contributed by atoms with Crippen molar-refractivity contribution >= 4 is 5.91 Å². The van der Waals surface area contributed by atoms with Gasteiger partial charge in [-0.25, -0.2) is 9.67 Å². The van der Waals surface area contributed by atoms with Crippen molar-refractivity contribution in [2.75, 3.05) is 19.6 Å². The summed E-state index contributed by atoms with van der Waals surface area (Å²) in [6, 6.07) is 0. The first-order chi connectivity index (χ1) is 10.7. The molecule has 1 unspecified atom stereocenters. The Hall–Kier alpha value is -1.47.